The molecule has 0 aliphatic heterocycles. The van der Waals surface area contributed by atoms with Crippen LogP contribution >= 0.6 is 15.9 Å². The molecule has 4 nitrogen and oxygen atoms in total. The number of anilines is 1. The van der Waals surface area contributed by atoms with Gasteiger partial charge < -0.3 is 15.0 Å². The van der Waals surface area contributed by atoms with Crippen molar-refractivity contribution in [2.24, 2.45) is 0 Å². The van der Waals surface area contributed by atoms with E-state index >= 15 is 0 Å². The van der Waals surface area contributed by atoms with Crippen LogP contribution in [-0.2, 0) is 11.3 Å². The highest BCUT2D eigenvalue weighted by Gasteiger charge is 2.11. The molecule has 0 saturated carbocycles. The zero-order valence-corrected chi connectivity index (χ0v) is 13.0. The third-order valence-corrected chi connectivity index (χ3v) is 3.16. The number of hydrogen-bond donors (Lipinski definition) is 1. The Kier molecular flexibility index (Phi) is 7.23. The largest absolute Gasteiger partial charge is 0.383 e. The summed E-state index contributed by atoms with van der Waals surface area (Å²) in [6, 6.07) is 2.13. The van der Waals surface area contributed by atoms with Crippen molar-refractivity contribution in [3.63, 3.8) is 0 Å². The molecular weight excluding hydrogens is 294 g/mol. The molecule has 1 N–H and O–H groups in total. The topological polar surface area (TPSA) is 37.4 Å². The van der Waals surface area contributed by atoms with Crippen molar-refractivity contribution in [3.8, 4) is 0 Å². The quantitative estimate of drug-likeness (QED) is 0.799. The predicted octanol–water partition coefficient (Wildman–Crippen LogP) is 2.43. The van der Waals surface area contributed by atoms with E-state index in [0.29, 0.717) is 6.61 Å². The fourth-order valence-corrected chi connectivity index (χ4v) is 2.14. The van der Waals surface area contributed by atoms with Crippen LogP contribution in [0.2, 0.25) is 0 Å². The van der Waals surface area contributed by atoms with Gasteiger partial charge in [0.2, 0.25) is 0 Å². The monoisotopic (exact) mass is 315 g/mol. The van der Waals surface area contributed by atoms with Crippen molar-refractivity contribution in [1.82, 2.24) is 10.3 Å². The number of methoxy groups -OCH3 is 1. The summed E-state index contributed by atoms with van der Waals surface area (Å²) in [5, 5.41) is 3.35. The molecule has 0 aliphatic carbocycles. The van der Waals surface area contributed by atoms with Gasteiger partial charge >= 0.3 is 0 Å². The number of nitrogens with zero attached hydrogens (tertiary/aromatic N) is 2. The van der Waals surface area contributed by atoms with Gasteiger partial charge in [0, 0.05) is 43.0 Å². The number of likely N-dealkylation sites (N-methyl/N-ethyl adjacent to an activating group) is 1. The maximum atomic E-state index is 5.15. The summed E-state index contributed by atoms with van der Waals surface area (Å²) in [6.07, 6.45) is 1.85. The van der Waals surface area contributed by atoms with Crippen LogP contribution in [0.3, 0.4) is 0 Å². The van der Waals surface area contributed by atoms with Crippen molar-refractivity contribution in [3.05, 3.63) is 22.3 Å². The average Bonchev–Trinajstić information content (AvgIpc) is 2.38. The van der Waals surface area contributed by atoms with Gasteiger partial charge in [-0.1, -0.05) is 6.92 Å². The Morgan fingerprint density at radius 2 is 2.22 bits per heavy atom. The van der Waals surface area contributed by atoms with Gasteiger partial charge in [-0.2, -0.15) is 0 Å². The number of rotatable bonds is 8. The highest BCUT2D eigenvalue weighted by atomic mass is 79.9. The lowest BCUT2D eigenvalue weighted by molar-refractivity contribution is 0.205. The number of pyridine rings is 1. The Labute approximate surface area is 118 Å². The Morgan fingerprint density at radius 1 is 1.44 bits per heavy atom. The van der Waals surface area contributed by atoms with Crippen molar-refractivity contribution in [1.29, 1.82) is 0 Å². The number of aromatic nitrogens is 1. The average molecular weight is 316 g/mol. The minimum Gasteiger partial charge on any atom is -0.383 e. The summed E-state index contributed by atoms with van der Waals surface area (Å²) in [5.74, 6) is 1.04. The Bertz CT molecular complexity index is 360. The summed E-state index contributed by atoms with van der Waals surface area (Å²) >= 11 is 3.48. The minimum absolute atomic E-state index is 0.715. The fraction of sp³-hybridized carbons (Fsp3) is 0.615. The first kappa shape index (κ1) is 15.4. The molecule has 102 valence electrons. The lowest BCUT2D eigenvalue weighted by Crippen LogP contribution is -2.29. The van der Waals surface area contributed by atoms with Crippen molar-refractivity contribution in [2.75, 3.05) is 38.3 Å². The Hall–Kier alpha value is -0.650. The molecule has 0 aromatic carbocycles. The first-order chi connectivity index (χ1) is 8.72. The smallest absolute Gasteiger partial charge is 0.133 e. The van der Waals surface area contributed by atoms with Crippen LogP contribution in [0, 0.1) is 0 Å². The summed E-state index contributed by atoms with van der Waals surface area (Å²) in [7, 11) is 1.72. The van der Waals surface area contributed by atoms with Crippen LogP contribution in [-0.4, -0.2) is 38.3 Å². The highest BCUT2D eigenvalue weighted by molar-refractivity contribution is 9.10. The second-order valence-electron chi connectivity index (χ2n) is 3.99. The molecule has 0 amide bonds. The molecule has 1 rings (SSSR count). The van der Waals surface area contributed by atoms with Gasteiger partial charge in [0.05, 0.1) is 6.61 Å². The van der Waals surface area contributed by atoms with Crippen LogP contribution < -0.4 is 10.2 Å². The van der Waals surface area contributed by atoms with Gasteiger partial charge in [0.15, 0.2) is 0 Å². The number of hydrogen-bond acceptors (Lipinski definition) is 4. The molecule has 0 saturated heterocycles. The molecule has 0 unspecified atom stereocenters. The normalized spacial score (nSPS) is 10.7. The fourth-order valence-electron chi connectivity index (χ4n) is 1.76. The van der Waals surface area contributed by atoms with E-state index in [0.717, 1.165) is 36.5 Å². The Balaban J connectivity index is 2.89. The maximum absolute atomic E-state index is 5.15. The summed E-state index contributed by atoms with van der Waals surface area (Å²) in [6.45, 7) is 8.53. The van der Waals surface area contributed by atoms with Crippen molar-refractivity contribution >= 4 is 21.7 Å². The van der Waals surface area contributed by atoms with Gasteiger partial charge in [-0.15, -0.1) is 0 Å². The van der Waals surface area contributed by atoms with E-state index in [9.17, 15) is 0 Å². The van der Waals surface area contributed by atoms with Gasteiger partial charge in [0.25, 0.3) is 0 Å². The molecule has 0 fully saturated rings. The van der Waals surface area contributed by atoms with E-state index in [-0.39, 0.29) is 0 Å². The second-order valence-corrected chi connectivity index (χ2v) is 4.90. The molecule has 1 heterocycles. The molecule has 1 aromatic rings. The highest BCUT2D eigenvalue weighted by Crippen LogP contribution is 2.21. The lowest BCUT2D eigenvalue weighted by atomic mass is 10.2. The molecule has 1 aromatic heterocycles. The number of ether oxygens (including phenoxy) is 1. The summed E-state index contributed by atoms with van der Waals surface area (Å²) in [5.41, 5.74) is 1.21. The van der Waals surface area contributed by atoms with E-state index in [1.54, 1.807) is 7.11 Å². The number of halogens is 1. The van der Waals surface area contributed by atoms with Crippen LogP contribution in [0.4, 0.5) is 5.82 Å². The molecule has 0 atom stereocenters. The van der Waals surface area contributed by atoms with Crippen LogP contribution in [0.1, 0.15) is 19.4 Å². The van der Waals surface area contributed by atoms with E-state index < -0.39 is 0 Å². The van der Waals surface area contributed by atoms with Crippen molar-refractivity contribution < 1.29 is 4.74 Å². The van der Waals surface area contributed by atoms with Gasteiger partial charge in [-0.25, -0.2) is 4.98 Å². The minimum atomic E-state index is 0.715. The molecule has 0 aliphatic rings. The summed E-state index contributed by atoms with van der Waals surface area (Å²) in [4.78, 5) is 6.78. The molecule has 18 heavy (non-hydrogen) atoms. The lowest BCUT2D eigenvalue weighted by Gasteiger charge is -2.24. The first-order valence-corrected chi connectivity index (χ1v) is 7.11. The maximum Gasteiger partial charge on any atom is 0.133 e. The number of nitrogens with one attached hydrogen (secondary N) is 1. The van der Waals surface area contributed by atoms with E-state index in [1.807, 2.05) is 6.20 Å². The van der Waals surface area contributed by atoms with Crippen molar-refractivity contribution in [2.45, 2.75) is 20.4 Å². The van der Waals surface area contributed by atoms with Gasteiger partial charge in [-0.05, 0) is 35.5 Å². The first-order valence-electron chi connectivity index (χ1n) is 6.31. The molecule has 5 heteroatoms. The molecule has 0 radical (unpaired) electrons. The third kappa shape index (κ3) is 4.55. The zero-order valence-electron chi connectivity index (χ0n) is 11.4. The summed E-state index contributed by atoms with van der Waals surface area (Å²) < 4.78 is 6.16. The standard InChI is InChI=1S/C13H22BrN3O/c1-4-15-9-11-8-12(14)10-16-13(11)17(5-2)6-7-18-3/h8,10,15H,4-7,9H2,1-3H3. The SMILES string of the molecule is CCNCc1cc(Br)cnc1N(CC)CCOC. The third-order valence-electron chi connectivity index (χ3n) is 2.72. The molecule has 0 bridgehead atoms. The van der Waals surface area contributed by atoms with E-state index in [1.165, 1.54) is 5.56 Å². The van der Waals surface area contributed by atoms with Gasteiger partial charge in [-0.3, -0.25) is 0 Å². The molecular formula is C13H22BrN3O. The zero-order chi connectivity index (χ0) is 13.4. The van der Waals surface area contributed by atoms with Crippen LogP contribution in [0.5, 0.6) is 0 Å². The predicted molar refractivity (Wildman–Crippen MR) is 79.1 cm³/mol. The second kappa shape index (κ2) is 8.45. The molecule has 0 spiro atoms. The van der Waals surface area contributed by atoms with Crippen LogP contribution in [0.15, 0.2) is 16.7 Å². The Morgan fingerprint density at radius 3 is 2.83 bits per heavy atom. The van der Waals surface area contributed by atoms with Crippen LogP contribution in [0.25, 0.3) is 0 Å². The van der Waals surface area contributed by atoms with E-state index in [4.69, 9.17) is 4.74 Å². The van der Waals surface area contributed by atoms with E-state index in [2.05, 4.69) is 51.0 Å². The van der Waals surface area contributed by atoms with Gasteiger partial charge in [0.1, 0.15) is 5.82 Å².